The van der Waals surface area contributed by atoms with Crippen LogP contribution in [0, 0.1) is 5.41 Å². The minimum absolute atomic E-state index is 0.0366. The monoisotopic (exact) mass is 341 g/mol. The number of hydrogen-bond donors (Lipinski definition) is 1. The van der Waals surface area contributed by atoms with Crippen molar-refractivity contribution in [1.82, 2.24) is 30.5 Å². The molecule has 0 bridgehead atoms. The van der Waals surface area contributed by atoms with Gasteiger partial charge in [-0.05, 0) is 51.1 Å². The number of anilines is 1. The molecule has 0 unspecified atom stereocenters. The van der Waals surface area contributed by atoms with Gasteiger partial charge >= 0.3 is 0 Å². The van der Waals surface area contributed by atoms with E-state index in [9.17, 15) is 4.79 Å². The molecule has 0 spiro atoms. The lowest BCUT2D eigenvalue weighted by atomic mass is 9.71. The highest BCUT2D eigenvalue weighted by Gasteiger charge is 2.35. The third kappa shape index (κ3) is 3.35. The lowest BCUT2D eigenvalue weighted by Gasteiger charge is -2.36. The van der Waals surface area contributed by atoms with Crippen molar-refractivity contribution < 1.29 is 9.42 Å². The molecule has 9 heteroatoms. The van der Waals surface area contributed by atoms with Gasteiger partial charge in [0.2, 0.25) is 5.91 Å². The zero-order chi connectivity index (χ0) is 17.1. The predicted octanol–water partition coefficient (Wildman–Crippen LogP) is 2.19. The van der Waals surface area contributed by atoms with Gasteiger partial charge in [-0.1, -0.05) is 25.3 Å². The number of nitrogens with one attached hydrogen (secondary N) is 1. The number of carbonyl (C=O) groups excluding carboxylic acids is 1. The second-order valence-electron chi connectivity index (χ2n) is 6.73. The number of hydrogen-bond acceptors (Lipinski definition) is 7. The fourth-order valence-electron chi connectivity index (χ4n) is 3.73. The first-order chi connectivity index (χ1) is 12.2. The van der Waals surface area contributed by atoms with Crippen LogP contribution in [-0.2, 0) is 11.3 Å². The van der Waals surface area contributed by atoms with Gasteiger partial charge in [-0.2, -0.15) is 0 Å². The summed E-state index contributed by atoms with van der Waals surface area (Å²) in [5.74, 6) is -0.0366. The molecule has 1 aliphatic rings. The molecule has 25 heavy (non-hydrogen) atoms. The Bertz CT molecular complexity index is 852. The summed E-state index contributed by atoms with van der Waals surface area (Å²) in [5.41, 5.74) is 1.69. The largest absolute Gasteiger partial charge is 0.324 e. The average Bonchev–Trinajstić information content (AvgIpc) is 3.27. The number of tetrazole rings is 1. The lowest BCUT2D eigenvalue weighted by Crippen LogP contribution is -2.34. The van der Waals surface area contributed by atoms with Crippen LogP contribution in [0.5, 0.6) is 0 Å². The van der Waals surface area contributed by atoms with Crippen molar-refractivity contribution in [3.8, 4) is 0 Å². The summed E-state index contributed by atoms with van der Waals surface area (Å²) in [6, 6.07) is 5.42. The second-order valence-corrected chi connectivity index (χ2v) is 6.73. The van der Waals surface area contributed by atoms with Crippen LogP contribution in [0.1, 0.15) is 38.5 Å². The Morgan fingerprint density at radius 3 is 2.92 bits per heavy atom. The summed E-state index contributed by atoms with van der Waals surface area (Å²) < 4.78 is 6.47. The lowest BCUT2D eigenvalue weighted by molar-refractivity contribution is -0.119. The normalized spacial score (nSPS) is 16.8. The van der Waals surface area contributed by atoms with E-state index in [1.54, 1.807) is 23.1 Å². The van der Waals surface area contributed by atoms with Gasteiger partial charge in [0.1, 0.15) is 11.8 Å². The average molecular weight is 341 g/mol. The summed E-state index contributed by atoms with van der Waals surface area (Å²) in [4.78, 5) is 12.7. The molecule has 4 rings (SSSR count). The molecule has 3 aromatic rings. The van der Waals surface area contributed by atoms with Crippen molar-refractivity contribution in [3.63, 3.8) is 0 Å². The molecule has 1 amide bonds. The molecule has 0 aliphatic heterocycles. The summed E-state index contributed by atoms with van der Waals surface area (Å²) >= 11 is 0. The molecule has 0 radical (unpaired) electrons. The quantitative estimate of drug-likeness (QED) is 0.757. The Hall–Kier alpha value is -2.84. The van der Waals surface area contributed by atoms with Gasteiger partial charge in [0.05, 0.1) is 12.2 Å². The highest BCUT2D eigenvalue weighted by molar-refractivity contribution is 5.99. The van der Waals surface area contributed by atoms with Gasteiger partial charge in [-0.3, -0.25) is 4.79 Å². The van der Waals surface area contributed by atoms with Crippen LogP contribution < -0.4 is 5.32 Å². The van der Waals surface area contributed by atoms with Crippen LogP contribution in [0.2, 0.25) is 0 Å². The molecule has 1 N–H and O–H groups in total. The molecule has 130 valence electrons. The Kier molecular flexibility index (Phi) is 4.12. The van der Waals surface area contributed by atoms with Crippen LogP contribution in [-0.4, -0.2) is 36.4 Å². The van der Waals surface area contributed by atoms with E-state index in [1.807, 2.05) is 6.07 Å². The molecule has 2 aromatic heterocycles. The molecule has 9 nitrogen and oxygen atoms in total. The van der Waals surface area contributed by atoms with Crippen LogP contribution in [0.4, 0.5) is 5.69 Å². The highest BCUT2D eigenvalue weighted by Crippen LogP contribution is 2.41. The third-order valence-electron chi connectivity index (χ3n) is 4.90. The molecule has 0 atom stereocenters. The van der Waals surface area contributed by atoms with Crippen molar-refractivity contribution in [2.75, 3.05) is 5.32 Å². The van der Waals surface area contributed by atoms with Crippen LogP contribution >= 0.6 is 0 Å². The molecule has 1 fully saturated rings. The fourth-order valence-corrected chi connectivity index (χ4v) is 3.73. The van der Waals surface area contributed by atoms with Crippen molar-refractivity contribution >= 4 is 22.6 Å². The van der Waals surface area contributed by atoms with Crippen LogP contribution in [0.3, 0.4) is 0 Å². The van der Waals surface area contributed by atoms with Gasteiger partial charge in [-0.25, -0.2) is 9.31 Å². The Labute approximate surface area is 143 Å². The Morgan fingerprint density at radius 2 is 2.12 bits per heavy atom. The Balaban J connectivity index is 1.51. The molecule has 1 saturated carbocycles. The predicted molar refractivity (Wildman–Crippen MR) is 88.4 cm³/mol. The minimum Gasteiger partial charge on any atom is -0.324 e. The van der Waals surface area contributed by atoms with E-state index < -0.39 is 0 Å². The summed E-state index contributed by atoms with van der Waals surface area (Å²) in [6.45, 7) is 0.656. The zero-order valence-corrected chi connectivity index (χ0v) is 13.8. The van der Waals surface area contributed by atoms with Crippen molar-refractivity contribution in [3.05, 3.63) is 24.5 Å². The number of benzene rings is 1. The number of fused-ring (bicyclic) bond motifs is 1. The Morgan fingerprint density at radius 1 is 1.24 bits per heavy atom. The van der Waals surface area contributed by atoms with Gasteiger partial charge in [0, 0.05) is 6.42 Å². The standard InChI is InChI=1S/C16H19N7O2/c24-14(18-12-5-4-6-13-15(12)20-25-19-13)9-16(7-2-1-3-8-16)10-23-11-17-21-22-23/h4-6,11H,1-3,7-10H2,(H,18,24). The van der Waals surface area contributed by atoms with Gasteiger partial charge in [0.15, 0.2) is 5.52 Å². The highest BCUT2D eigenvalue weighted by atomic mass is 16.6. The first-order valence-corrected chi connectivity index (χ1v) is 8.46. The van der Waals surface area contributed by atoms with Crippen molar-refractivity contribution in [2.45, 2.75) is 45.1 Å². The summed E-state index contributed by atoms with van der Waals surface area (Å²) in [7, 11) is 0. The number of amides is 1. The number of carbonyl (C=O) groups is 1. The summed E-state index contributed by atoms with van der Waals surface area (Å²) in [5, 5.41) is 22.0. The van der Waals surface area contributed by atoms with Gasteiger partial charge in [-0.15, -0.1) is 5.10 Å². The van der Waals surface area contributed by atoms with E-state index in [0.717, 1.165) is 25.7 Å². The maximum absolute atomic E-state index is 12.7. The van der Waals surface area contributed by atoms with E-state index in [0.29, 0.717) is 29.7 Å². The zero-order valence-electron chi connectivity index (χ0n) is 13.8. The molecular weight excluding hydrogens is 322 g/mol. The van der Waals surface area contributed by atoms with Crippen molar-refractivity contribution in [2.24, 2.45) is 5.41 Å². The van der Waals surface area contributed by atoms with E-state index in [2.05, 4.69) is 31.2 Å². The molecule has 2 heterocycles. The first kappa shape index (κ1) is 15.7. The minimum atomic E-state index is -0.117. The van der Waals surface area contributed by atoms with Crippen molar-refractivity contribution in [1.29, 1.82) is 0 Å². The first-order valence-electron chi connectivity index (χ1n) is 8.46. The van der Waals surface area contributed by atoms with E-state index >= 15 is 0 Å². The van der Waals surface area contributed by atoms with E-state index in [-0.39, 0.29) is 11.3 Å². The molecule has 1 aliphatic carbocycles. The SMILES string of the molecule is O=C(CC1(Cn2cnnn2)CCCCC1)Nc1cccc2nonc12. The summed E-state index contributed by atoms with van der Waals surface area (Å²) in [6.07, 6.45) is 7.48. The van der Waals surface area contributed by atoms with Gasteiger partial charge in [0.25, 0.3) is 0 Å². The van der Waals surface area contributed by atoms with Crippen LogP contribution in [0.25, 0.3) is 11.0 Å². The second kappa shape index (κ2) is 6.58. The molecular formula is C16H19N7O2. The van der Waals surface area contributed by atoms with E-state index in [4.69, 9.17) is 4.63 Å². The third-order valence-corrected chi connectivity index (χ3v) is 4.90. The number of nitrogens with zero attached hydrogens (tertiary/aromatic N) is 6. The number of aromatic nitrogens is 6. The maximum atomic E-state index is 12.7. The maximum Gasteiger partial charge on any atom is 0.225 e. The van der Waals surface area contributed by atoms with E-state index in [1.165, 1.54) is 6.42 Å². The van der Waals surface area contributed by atoms with Crippen LogP contribution in [0.15, 0.2) is 29.2 Å². The number of rotatable bonds is 5. The topological polar surface area (TPSA) is 112 Å². The van der Waals surface area contributed by atoms with Gasteiger partial charge < -0.3 is 5.32 Å². The smallest absolute Gasteiger partial charge is 0.225 e. The fraction of sp³-hybridized carbons (Fsp3) is 0.500. The molecule has 0 saturated heterocycles. The molecule has 1 aromatic carbocycles.